The third kappa shape index (κ3) is 8.67. The quantitative estimate of drug-likeness (QED) is 0.201. The number of ether oxygens (including phenoxy) is 2. The van der Waals surface area contributed by atoms with E-state index in [2.05, 4.69) is 9.47 Å². The first-order valence-corrected chi connectivity index (χ1v) is 8.67. The van der Waals surface area contributed by atoms with E-state index < -0.39 is 74.6 Å². The van der Waals surface area contributed by atoms with Crippen LogP contribution >= 0.6 is 0 Å². The predicted molar refractivity (Wildman–Crippen MR) is 81.1 cm³/mol. The topological polar surface area (TPSA) is 18.5 Å². The molecule has 0 heterocycles. The molecule has 0 aliphatic carbocycles. The maximum atomic E-state index is 13.6. The second kappa shape index (κ2) is 10.1. The predicted octanol–water partition coefficient (Wildman–Crippen LogP) is 6.43. The van der Waals surface area contributed by atoms with Crippen LogP contribution in [0, 0.1) is 0 Å². The third-order valence-corrected chi connectivity index (χ3v) is 3.65. The average molecular weight is 474 g/mol. The summed E-state index contributed by atoms with van der Waals surface area (Å²) < 4.78 is 171. The first-order chi connectivity index (χ1) is 13.2. The van der Waals surface area contributed by atoms with Crippen molar-refractivity contribution < 1.29 is 62.2 Å². The van der Waals surface area contributed by atoms with Crippen molar-refractivity contribution in [3.8, 4) is 0 Å². The van der Waals surface area contributed by atoms with Gasteiger partial charge in [0.2, 0.25) is 0 Å². The number of rotatable bonds is 15. The largest absolute Gasteiger partial charge is 0.375 e. The summed E-state index contributed by atoms with van der Waals surface area (Å²) in [4.78, 5) is 0. The zero-order valence-corrected chi connectivity index (χ0v) is 16.0. The molecule has 0 amide bonds. The van der Waals surface area contributed by atoms with Gasteiger partial charge in [-0.05, 0) is 13.3 Å². The van der Waals surface area contributed by atoms with E-state index in [1.54, 1.807) is 0 Å². The maximum Gasteiger partial charge on any atom is 0.316 e. The van der Waals surface area contributed by atoms with Crippen molar-refractivity contribution in [2.24, 2.45) is 0 Å². The molecule has 14 heteroatoms. The van der Waals surface area contributed by atoms with Gasteiger partial charge >= 0.3 is 23.7 Å². The van der Waals surface area contributed by atoms with E-state index in [1.165, 1.54) is 13.8 Å². The summed E-state index contributed by atoms with van der Waals surface area (Å²) in [5.74, 6) is -33.0. The summed E-state index contributed by atoms with van der Waals surface area (Å²) in [5.41, 5.74) is 0. The van der Waals surface area contributed by atoms with E-state index in [9.17, 15) is 52.7 Å². The van der Waals surface area contributed by atoms with Crippen molar-refractivity contribution in [1.29, 1.82) is 0 Å². The van der Waals surface area contributed by atoms with Crippen LogP contribution in [-0.4, -0.2) is 62.0 Å². The monoisotopic (exact) mass is 474 g/mol. The average Bonchev–Trinajstić information content (AvgIpc) is 2.49. The highest BCUT2D eigenvalue weighted by Gasteiger charge is 2.69. The zero-order valence-electron chi connectivity index (χ0n) is 16.0. The molecular formula is C16H22F12O2. The van der Waals surface area contributed by atoms with Gasteiger partial charge in [-0.15, -0.1) is 0 Å². The molecule has 0 rings (SSSR count). The van der Waals surface area contributed by atoms with Gasteiger partial charge in [0.15, 0.2) is 0 Å². The molecule has 0 saturated carbocycles. The minimum Gasteiger partial charge on any atom is -0.375 e. The van der Waals surface area contributed by atoms with Gasteiger partial charge in [0.25, 0.3) is 11.8 Å². The summed E-state index contributed by atoms with van der Waals surface area (Å²) in [5, 5.41) is 0. The lowest BCUT2D eigenvalue weighted by Crippen LogP contribution is -2.54. The second-order valence-corrected chi connectivity index (χ2v) is 6.75. The Bertz CT molecular complexity index is 522. The molecule has 0 aliphatic rings. The van der Waals surface area contributed by atoms with Gasteiger partial charge in [-0.2, -0.15) is 35.1 Å². The minimum absolute atomic E-state index is 0.178. The van der Waals surface area contributed by atoms with Crippen LogP contribution in [-0.2, 0) is 9.47 Å². The molecule has 30 heavy (non-hydrogen) atoms. The Kier molecular flexibility index (Phi) is 9.82. The zero-order chi connectivity index (χ0) is 24.1. The third-order valence-electron chi connectivity index (χ3n) is 3.65. The fourth-order valence-electron chi connectivity index (χ4n) is 2.17. The first kappa shape index (κ1) is 29.1. The molecule has 0 aromatic heterocycles. The van der Waals surface area contributed by atoms with Crippen molar-refractivity contribution in [1.82, 2.24) is 0 Å². The van der Waals surface area contributed by atoms with Gasteiger partial charge < -0.3 is 9.47 Å². The Morgan fingerprint density at radius 3 is 1.17 bits per heavy atom. The van der Waals surface area contributed by atoms with Crippen molar-refractivity contribution in [3.63, 3.8) is 0 Å². The summed E-state index contributed by atoms with van der Waals surface area (Å²) in [7, 11) is 0. The molecule has 0 unspecified atom stereocenters. The number of halogens is 12. The maximum absolute atomic E-state index is 13.6. The van der Waals surface area contributed by atoms with E-state index in [1.807, 2.05) is 0 Å². The van der Waals surface area contributed by atoms with Crippen LogP contribution in [0.1, 0.15) is 39.5 Å². The Labute approximate surface area is 164 Å². The van der Waals surface area contributed by atoms with E-state index in [4.69, 9.17) is 0 Å². The molecule has 0 N–H and O–H groups in total. The van der Waals surface area contributed by atoms with Crippen LogP contribution in [0.2, 0.25) is 0 Å². The Hall–Kier alpha value is -0.920. The van der Waals surface area contributed by atoms with Gasteiger partial charge in [-0.1, -0.05) is 6.92 Å². The number of hydrogen-bond donors (Lipinski definition) is 0. The van der Waals surface area contributed by atoms with Gasteiger partial charge in [0.05, 0.1) is 19.3 Å². The molecule has 0 radical (unpaired) electrons. The molecule has 182 valence electrons. The van der Waals surface area contributed by atoms with Crippen LogP contribution in [0.15, 0.2) is 0 Å². The normalized spacial score (nSPS) is 15.0. The lowest BCUT2D eigenvalue weighted by Gasteiger charge is -2.35. The van der Waals surface area contributed by atoms with Crippen LogP contribution in [0.4, 0.5) is 52.7 Å². The fraction of sp³-hybridized carbons (Fsp3) is 1.00. The Balaban J connectivity index is 5.39. The molecule has 2 nitrogen and oxygen atoms in total. The van der Waals surface area contributed by atoms with Gasteiger partial charge in [0, 0.05) is 13.2 Å². The van der Waals surface area contributed by atoms with E-state index in [0.717, 1.165) is 0 Å². The highest BCUT2D eigenvalue weighted by Crippen LogP contribution is 2.52. The standard InChI is InChI=1S/C16H22F12O2/c1-3-5-30-10-12(19,20)7-14(23,24)16(27,28)8-15(25,26)13(21,22)6-11(17,18)9-29-4-2/h3-10H2,1-2H3. The summed E-state index contributed by atoms with van der Waals surface area (Å²) in [6.07, 6.45) is -9.40. The van der Waals surface area contributed by atoms with E-state index >= 15 is 0 Å². The molecular weight excluding hydrogens is 452 g/mol. The summed E-state index contributed by atoms with van der Waals surface area (Å²) in [6.45, 7) is -1.58. The molecule has 0 aliphatic heterocycles. The van der Waals surface area contributed by atoms with Crippen LogP contribution < -0.4 is 0 Å². The molecule has 0 aromatic carbocycles. The molecule has 0 aromatic rings. The lowest BCUT2D eigenvalue weighted by atomic mass is 9.93. The number of alkyl halides is 12. The van der Waals surface area contributed by atoms with Crippen molar-refractivity contribution in [2.75, 3.05) is 26.4 Å². The van der Waals surface area contributed by atoms with Crippen molar-refractivity contribution in [3.05, 3.63) is 0 Å². The van der Waals surface area contributed by atoms with E-state index in [-0.39, 0.29) is 13.0 Å². The van der Waals surface area contributed by atoms with Crippen molar-refractivity contribution in [2.45, 2.75) is 75.1 Å². The molecule has 0 saturated heterocycles. The SMILES string of the molecule is CCCOCC(F)(F)CC(F)(F)C(F)(F)CC(F)(F)C(F)(F)CC(F)(F)COCC. The second-order valence-electron chi connectivity index (χ2n) is 6.75. The molecule has 0 atom stereocenters. The molecule has 0 spiro atoms. The van der Waals surface area contributed by atoms with Crippen LogP contribution in [0.3, 0.4) is 0 Å². The van der Waals surface area contributed by atoms with Crippen LogP contribution in [0.5, 0.6) is 0 Å². The van der Waals surface area contributed by atoms with Crippen LogP contribution in [0.25, 0.3) is 0 Å². The Morgan fingerprint density at radius 2 is 0.833 bits per heavy atom. The highest BCUT2D eigenvalue weighted by atomic mass is 19.3. The van der Waals surface area contributed by atoms with Crippen molar-refractivity contribution >= 4 is 0 Å². The summed E-state index contributed by atoms with van der Waals surface area (Å²) in [6, 6.07) is 0. The smallest absolute Gasteiger partial charge is 0.316 e. The van der Waals surface area contributed by atoms with Gasteiger partial charge in [-0.25, -0.2) is 17.6 Å². The van der Waals surface area contributed by atoms with E-state index in [0.29, 0.717) is 0 Å². The lowest BCUT2D eigenvalue weighted by molar-refractivity contribution is -0.303. The molecule has 0 fully saturated rings. The summed E-state index contributed by atoms with van der Waals surface area (Å²) >= 11 is 0. The minimum atomic E-state index is -6.07. The molecule has 0 bridgehead atoms. The Morgan fingerprint density at radius 1 is 0.500 bits per heavy atom. The fourth-order valence-corrected chi connectivity index (χ4v) is 2.17. The highest BCUT2D eigenvalue weighted by molar-refractivity contribution is 4.98. The number of hydrogen-bond acceptors (Lipinski definition) is 2. The van der Waals surface area contributed by atoms with Gasteiger partial charge in [-0.3, -0.25) is 0 Å². The first-order valence-electron chi connectivity index (χ1n) is 8.67. The van der Waals surface area contributed by atoms with Gasteiger partial charge in [0.1, 0.15) is 13.2 Å².